The number of ether oxygens (including phenoxy) is 2. The molecule has 162 valence electrons. The Morgan fingerprint density at radius 3 is 2.83 bits per heavy atom. The lowest BCUT2D eigenvalue weighted by molar-refractivity contribution is -0.0389. The Morgan fingerprint density at radius 1 is 1.33 bits per heavy atom. The Hall–Kier alpha value is -2.03. The van der Waals surface area contributed by atoms with E-state index in [9.17, 15) is 10.0 Å². The lowest BCUT2D eigenvalue weighted by atomic mass is 10.1. The molecule has 0 bridgehead atoms. The van der Waals surface area contributed by atoms with Crippen LogP contribution >= 0.6 is 23.2 Å². The maximum absolute atomic E-state index is 12.7. The summed E-state index contributed by atoms with van der Waals surface area (Å²) >= 11 is 12.3. The first-order valence-corrected chi connectivity index (χ1v) is 10.4. The molecule has 1 heterocycles. The van der Waals surface area contributed by atoms with E-state index < -0.39 is 12.0 Å². The second kappa shape index (κ2) is 10.3. The first-order valence-electron chi connectivity index (χ1n) is 9.67. The number of amides is 1. The van der Waals surface area contributed by atoms with E-state index in [0.717, 1.165) is 12.1 Å². The van der Waals surface area contributed by atoms with Crippen molar-refractivity contribution in [2.45, 2.75) is 19.6 Å². The van der Waals surface area contributed by atoms with Gasteiger partial charge < -0.3 is 25.5 Å². The van der Waals surface area contributed by atoms with Crippen molar-refractivity contribution in [2.24, 2.45) is 0 Å². The first kappa shape index (κ1) is 22.7. The number of hydroxylamine groups is 2. The molecule has 1 unspecified atom stereocenters. The van der Waals surface area contributed by atoms with E-state index >= 15 is 0 Å². The van der Waals surface area contributed by atoms with Crippen LogP contribution < -0.4 is 10.5 Å². The Labute approximate surface area is 185 Å². The largest absolute Gasteiger partial charge is 0.756 e. The molecule has 0 aliphatic carbocycles. The van der Waals surface area contributed by atoms with Crippen LogP contribution in [0.3, 0.4) is 0 Å². The smallest absolute Gasteiger partial charge is 0.247 e. The fraction of sp³-hybridized carbons (Fsp3) is 0.381. The topological polar surface area (TPSA) is 91.1 Å². The summed E-state index contributed by atoms with van der Waals surface area (Å²) in [4.78, 5) is 14.9. The molecule has 1 aliphatic heterocycles. The van der Waals surface area contributed by atoms with Gasteiger partial charge in [0, 0.05) is 37.3 Å². The van der Waals surface area contributed by atoms with E-state index in [1.54, 1.807) is 6.92 Å². The van der Waals surface area contributed by atoms with Crippen LogP contribution in [0.1, 0.15) is 22.8 Å². The molecule has 0 spiro atoms. The van der Waals surface area contributed by atoms with Gasteiger partial charge in [-0.25, -0.2) is 0 Å². The van der Waals surface area contributed by atoms with Gasteiger partial charge in [0.1, 0.15) is 5.75 Å². The number of nitrogen functional groups attached to an aromatic ring is 1. The summed E-state index contributed by atoms with van der Waals surface area (Å²) in [5, 5.41) is 13.9. The molecular weight excluding hydrogens is 429 g/mol. The standard InChI is InChI=1S/C21H24Cl2N3O4/c1-2-29-20-10-19(24)18(23)9-16(20)21(27)26(28)13-15-12-25(7-8-30-15)11-14-5-3-4-6-17(14)22/h3-6,9-10,15H,2,7-8,11-13,24H2,1H3/q-1. The van der Waals surface area contributed by atoms with Crippen molar-refractivity contribution in [1.29, 1.82) is 0 Å². The average molecular weight is 453 g/mol. The van der Waals surface area contributed by atoms with Gasteiger partial charge in [0.15, 0.2) is 0 Å². The summed E-state index contributed by atoms with van der Waals surface area (Å²) in [5.41, 5.74) is 7.15. The van der Waals surface area contributed by atoms with Crippen molar-refractivity contribution in [1.82, 2.24) is 9.96 Å². The van der Waals surface area contributed by atoms with E-state index in [-0.39, 0.29) is 28.6 Å². The summed E-state index contributed by atoms with van der Waals surface area (Å²) in [5.74, 6) is -0.512. The molecule has 1 fully saturated rings. The minimum absolute atomic E-state index is 0.0785. The highest BCUT2D eigenvalue weighted by molar-refractivity contribution is 6.33. The number of morpholine rings is 1. The molecule has 1 atom stereocenters. The van der Waals surface area contributed by atoms with Crippen molar-refractivity contribution in [2.75, 3.05) is 38.6 Å². The van der Waals surface area contributed by atoms with Gasteiger partial charge in [0.25, 0.3) is 0 Å². The summed E-state index contributed by atoms with van der Waals surface area (Å²) < 4.78 is 11.2. The van der Waals surface area contributed by atoms with Crippen molar-refractivity contribution in [3.8, 4) is 5.75 Å². The third-order valence-electron chi connectivity index (χ3n) is 4.80. The van der Waals surface area contributed by atoms with E-state index in [0.29, 0.717) is 36.4 Å². The van der Waals surface area contributed by atoms with Gasteiger partial charge >= 0.3 is 0 Å². The maximum atomic E-state index is 12.7. The number of benzene rings is 2. The molecule has 2 aromatic rings. The van der Waals surface area contributed by atoms with E-state index in [2.05, 4.69) is 4.90 Å². The molecule has 30 heavy (non-hydrogen) atoms. The molecule has 0 saturated carbocycles. The monoisotopic (exact) mass is 452 g/mol. The van der Waals surface area contributed by atoms with Crippen LogP contribution in [-0.4, -0.2) is 54.8 Å². The molecule has 1 aliphatic rings. The maximum Gasteiger partial charge on any atom is 0.247 e. The number of rotatable bonds is 7. The van der Waals surface area contributed by atoms with Gasteiger partial charge in [-0.15, -0.1) is 0 Å². The second-order valence-corrected chi connectivity index (χ2v) is 7.80. The van der Waals surface area contributed by atoms with Crippen molar-refractivity contribution in [3.05, 3.63) is 62.8 Å². The molecule has 1 amide bonds. The van der Waals surface area contributed by atoms with Gasteiger partial charge in [-0.3, -0.25) is 9.69 Å². The highest BCUT2D eigenvalue weighted by atomic mass is 35.5. The minimum atomic E-state index is -0.743. The predicted molar refractivity (Wildman–Crippen MR) is 118 cm³/mol. The average Bonchev–Trinajstić information content (AvgIpc) is 2.72. The van der Waals surface area contributed by atoms with Gasteiger partial charge in [0.2, 0.25) is 5.91 Å². The third-order valence-corrected chi connectivity index (χ3v) is 5.50. The fourth-order valence-corrected chi connectivity index (χ4v) is 3.67. The van der Waals surface area contributed by atoms with Gasteiger partial charge in [0.05, 0.1) is 35.6 Å². The Bertz CT molecular complexity index is 897. The normalized spacial score (nSPS) is 17.0. The van der Waals surface area contributed by atoms with Gasteiger partial charge in [-0.2, -0.15) is 0 Å². The number of nitrogens with two attached hydrogens (primary N) is 1. The summed E-state index contributed by atoms with van der Waals surface area (Å²) in [6.07, 6.45) is -0.414. The fourth-order valence-electron chi connectivity index (χ4n) is 3.32. The van der Waals surface area contributed by atoms with Crippen LogP contribution in [0, 0.1) is 5.21 Å². The van der Waals surface area contributed by atoms with Crippen molar-refractivity contribution < 1.29 is 14.3 Å². The zero-order valence-electron chi connectivity index (χ0n) is 16.6. The molecule has 2 aromatic carbocycles. The highest BCUT2D eigenvalue weighted by Gasteiger charge is 2.24. The first-order chi connectivity index (χ1) is 14.4. The van der Waals surface area contributed by atoms with Crippen LogP contribution in [0.4, 0.5) is 5.69 Å². The molecular formula is C21H24Cl2N3O4-. The summed E-state index contributed by atoms with van der Waals surface area (Å²) in [6, 6.07) is 10.5. The number of halogens is 2. The van der Waals surface area contributed by atoms with Crippen molar-refractivity contribution in [3.63, 3.8) is 0 Å². The summed E-state index contributed by atoms with van der Waals surface area (Å²) in [7, 11) is 0. The lowest BCUT2D eigenvalue weighted by Crippen LogP contribution is -2.47. The molecule has 7 nitrogen and oxygen atoms in total. The van der Waals surface area contributed by atoms with Crippen LogP contribution in [0.2, 0.25) is 10.0 Å². The minimum Gasteiger partial charge on any atom is -0.756 e. The van der Waals surface area contributed by atoms with E-state index in [1.165, 1.54) is 12.1 Å². The number of anilines is 1. The third kappa shape index (κ3) is 5.56. The Balaban J connectivity index is 1.65. The van der Waals surface area contributed by atoms with Crippen LogP contribution in [0.25, 0.3) is 0 Å². The molecule has 1 saturated heterocycles. The second-order valence-electron chi connectivity index (χ2n) is 6.99. The number of hydrogen-bond acceptors (Lipinski definition) is 6. The van der Waals surface area contributed by atoms with Crippen LogP contribution in [0.15, 0.2) is 36.4 Å². The zero-order valence-corrected chi connectivity index (χ0v) is 18.2. The highest BCUT2D eigenvalue weighted by Crippen LogP contribution is 2.30. The molecule has 9 heteroatoms. The Kier molecular flexibility index (Phi) is 7.80. The number of carbonyl (C=O) groups is 1. The zero-order chi connectivity index (χ0) is 21.7. The lowest BCUT2D eigenvalue weighted by Gasteiger charge is -2.38. The number of hydrogen-bond donors (Lipinski definition) is 1. The number of nitrogens with zero attached hydrogens (tertiary/aromatic N) is 2. The molecule has 3 rings (SSSR count). The van der Waals surface area contributed by atoms with E-state index in [1.807, 2.05) is 24.3 Å². The molecule has 0 aromatic heterocycles. The SMILES string of the molecule is CCOc1cc(N)c(Cl)cc1C(=O)N([O-])CC1CN(Cc2ccccc2Cl)CCO1. The van der Waals surface area contributed by atoms with Gasteiger partial charge in [-0.1, -0.05) is 41.4 Å². The van der Waals surface area contributed by atoms with E-state index in [4.69, 9.17) is 38.4 Å². The summed E-state index contributed by atoms with van der Waals surface area (Å²) in [6.45, 7) is 4.34. The number of carbonyl (C=O) groups excluding carboxylic acids is 1. The van der Waals surface area contributed by atoms with Crippen molar-refractivity contribution >= 4 is 34.8 Å². The van der Waals surface area contributed by atoms with Crippen LogP contribution in [-0.2, 0) is 11.3 Å². The van der Waals surface area contributed by atoms with Crippen LogP contribution in [0.5, 0.6) is 5.75 Å². The Morgan fingerprint density at radius 2 is 2.10 bits per heavy atom. The van der Waals surface area contributed by atoms with Gasteiger partial charge in [-0.05, 0) is 24.6 Å². The molecule has 0 radical (unpaired) electrons. The molecule has 2 N–H and O–H groups in total. The quantitative estimate of drug-likeness (QED) is 0.507. The predicted octanol–water partition coefficient (Wildman–Crippen LogP) is 3.82.